The summed E-state index contributed by atoms with van der Waals surface area (Å²) in [5.41, 5.74) is 2.17. The molecule has 2 aromatic rings. The molecule has 1 saturated heterocycles. The minimum absolute atomic E-state index is 0.412. The number of pyridine rings is 1. The fourth-order valence-electron chi connectivity index (χ4n) is 2.79. The van der Waals surface area contributed by atoms with Crippen LogP contribution in [-0.2, 0) is 6.54 Å². The zero-order valence-electron chi connectivity index (χ0n) is 11.6. The molecule has 1 fully saturated rings. The summed E-state index contributed by atoms with van der Waals surface area (Å²) >= 11 is 0. The van der Waals surface area contributed by atoms with Gasteiger partial charge in [0.25, 0.3) is 0 Å². The largest absolute Gasteiger partial charge is 0.480 e. The van der Waals surface area contributed by atoms with Gasteiger partial charge in [-0.25, -0.2) is 4.98 Å². The van der Waals surface area contributed by atoms with Crippen LogP contribution in [0.25, 0.3) is 0 Å². The molecule has 104 valence electrons. The van der Waals surface area contributed by atoms with Crippen LogP contribution in [0, 0.1) is 0 Å². The molecular formula is C15H18N4O. The van der Waals surface area contributed by atoms with Crippen LogP contribution < -0.4 is 4.74 Å². The molecule has 1 atom stereocenters. The van der Waals surface area contributed by atoms with Crippen molar-refractivity contribution in [2.45, 2.75) is 25.4 Å². The minimum Gasteiger partial charge on any atom is -0.480 e. The normalized spacial score (nSPS) is 19.1. The van der Waals surface area contributed by atoms with Gasteiger partial charge < -0.3 is 4.74 Å². The van der Waals surface area contributed by atoms with E-state index in [9.17, 15) is 0 Å². The van der Waals surface area contributed by atoms with Crippen molar-refractivity contribution in [3.8, 4) is 5.88 Å². The molecular weight excluding hydrogens is 252 g/mol. The second kappa shape index (κ2) is 5.96. The van der Waals surface area contributed by atoms with E-state index in [1.165, 1.54) is 12.0 Å². The van der Waals surface area contributed by atoms with E-state index < -0.39 is 0 Å². The quantitative estimate of drug-likeness (QED) is 0.852. The van der Waals surface area contributed by atoms with E-state index in [0.717, 1.165) is 25.2 Å². The molecule has 0 spiro atoms. The smallest absolute Gasteiger partial charge is 0.236 e. The summed E-state index contributed by atoms with van der Waals surface area (Å²) in [7, 11) is 1.64. The van der Waals surface area contributed by atoms with Gasteiger partial charge in [0, 0.05) is 37.4 Å². The molecule has 0 aliphatic carbocycles. The lowest BCUT2D eigenvalue weighted by Gasteiger charge is -2.24. The zero-order valence-corrected chi connectivity index (χ0v) is 11.6. The third-order valence-corrected chi connectivity index (χ3v) is 3.71. The molecule has 5 heteroatoms. The van der Waals surface area contributed by atoms with Gasteiger partial charge in [0.1, 0.15) is 5.69 Å². The summed E-state index contributed by atoms with van der Waals surface area (Å²) in [5, 5.41) is 0. The van der Waals surface area contributed by atoms with Crippen molar-refractivity contribution in [2.24, 2.45) is 0 Å². The van der Waals surface area contributed by atoms with Gasteiger partial charge in [-0.05, 0) is 31.0 Å². The SMILES string of the molecule is COc1nccnc1CN1CCCC1c1cccnc1. The number of nitrogens with zero attached hydrogens (tertiary/aromatic N) is 4. The summed E-state index contributed by atoms with van der Waals surface area (Å²) in [6.07, 6.45) is 9.50. The van der Waals surface area contributed by atoms with Crippen LogP contribution in [-0.4, -0.2) is 33.5 Å². The highest BCUT2D eigenvalue weighted by molar-refractivity contribution is 5.20. The molecule has 0 bridgehead atoms. The summed E-state index contributed by atoms with van der Waals surface area (Å²) in [6, 6.07) is 4.55. The van der Waals surface area contributed by atoms with E-state index in [1.54, 1.807) is 19.5 Å². The van der Waals surface area contributed by atoms with E-state index in [2.05, 4.69) is 25.9 Å². The van der Waals surface area contributed by atoms with Gasteiger partial charge in [-0.15, -0.1) is 0 Å². The zero-order chi connectivity index (χ0) is 13.8. The minimum atomic E-state index is 0.412. The average molecular weight is 270 g/mol. The van der Waals surface area contributed by atoms with Crippen LogP contribution in [0.15, 0.2) is 36.9 Å². The van der Waals surface area contributed by atoms with Gasteiger partial charge in [-0.2, -0.15) is 0 Å². The Morgan fingerprint density at radius 2 is 2.20 bits per heavy atom. The maximum Gasteiger partial charge on any atom is 0.236 e. The Hall–Kier alpha value is -2.01. The van der Waals surface area contributed by atoms with Crippen LogP contribution in [0.5, 0.6) is 5.88 Å². The third-order valence-electron chi connectivity index (χ3n) is 3.71. The first-order valence-electron chi connectivity index (χ1n) is 6.86. The molecule has 0 N–H and O–H groups in total. The van der Waals surface area contributed by atoms with Crippen molar-refractivity contribution in [2.75, 3.05) is 13.7 Å². The van der Waals surface area contributed by atoms with Crippen molar-refractivity contribution in [1.82, 2.24) is 19.9 Å². The van der Waals surface area contributed by atoms with Crippen molar-refractivity contribution in [3.63, 3.8) is 0 Å². The van der Waals surface area contributed by atoms with Crippen molar-refractivity contribution >= 4 is 0 Å². The molecule has 0 saturated carbocycles. The van der Waals surface area contributed by atoms with Gasteiger partial charge >= 0.3 is 0 Å². The number of hydrogen-bond donors (Lipinski definition) is 0. The van der Waals surface area contributed by atoms with E-state index in [1.807, 2.05) is 18.5 Å². The van der Waals surface area contributed by atoms with E-state index >= 15 is 0 Å². The van der Waals surface area contributed by atoms with Crippen LogP contribution in [0.2, 0.25) is 0 Å². The Morgan fingerprint density at radius 3 is 3.00 bits per heavy atom. The number of rotatable bonds is 4. The Morgan fingerprint density at radius 1 is 1.30 bits per heavy atom. The maximum atomic E-state index is 5.28. The highest BCUT2D eigenvalue weighted by Crippen LogP contribution is 2.33. The van der Waals surface area contributed by atoms with E-state index in [0.29, 0.717) is 11.9 Å². The number of hydrogen-bond acceptors (Lipinski definition) is 5. The van der Waals surface area contributed by atoms with Gasteiger partial charge in [-0.3, -0.25) is 14.9 Å². The Labute approximate surface area is 118 Å². The summed E-state index contributed by atoms with van der Waals surface area (Å²) in [4.78, 5) is 15.3. The average Bonchev–Trinajstić information content (AvgIpc) is 2.97. The molecule has 2 aromatic heterocycles. The molecule has 0 aromatic carbocycles. The van der Waals surface area contributed by atoms with Crippen molar-refractivity contribution < 1.29 is 4.74 Å². The highest BCUT2D eigenvalue weighted by Gasteiger charge is 2.27. The molecule has 20 heavy (non-hydrogen) atoms. The van der Waals surface area contributed by atoms with E-state index in [4.69, 9.17) is 4.74 Å². The van der Waals surface area contributed by atoms with E-state index in [-0.39, 0.29) is 0 Å². The van der Waals surface area contributed by atoms with Crippen molar-refractivity contribution in [3.05, 3.63) is 48.2 Å². The first-order chi connectivity index (χ1) is 9.88. The molecule has 0 amide bonds. The standard InChI is InChI=1S/C15H18N4O/c1-20-15-13(17-7-8-18-15)11-19-9-3-5-14(19)12-4-2-6-16-10-12/h2,4,6-8,10,14H,3,5,9,11H2,1H3. The Balaban J connectivity index is 1.79. The predicted molar refractivity (Wildman–Crippen MR) is 75.2 cm³/mol. The van der Waals surface area contributed by atoms with Crippen LogP contribution in [0.4, 0.5) is 0 Å². The number of ether oxygens (including phenoxy) is 1. The fourth-order valence-corrected chi connectivity index (χ4v) is 2.79. The summed E-state index contributed by atoms with van der Waals surface area (Å²) in [6.45, 7) is 1.83. The van der Waals surface area contributed by atoms with Crippen LogP contribution in [0.1, 0.15) is 30.1 Å². The highest BCUT2D eigenvalue weighted by atomic mass is 16.5. The topological polar surface area (TPSA) is 51.1 Å². The third kappa shape index (κ3) is 2.63. The summed E-state index contributed by atoms with van der Waals surface area (Å²) in [5.74, 6) is 0.615. The molecule has 0 radical (unpaired) electrons. The predicted octanol–water partition coefficient (Wildman–Crippen LogP) is 2.22. The summed E-state index contributed by atoms with van der Waals surface area (Å²) < 4.78 is 5.28. The fraction of sp³-hybridized carbons (Fsp3) is 0.400. The lowest BCUT2D eigenvalue weighted by molar-refractivity contribution is 0.239. The lowest BCUT2D eigenvalue weighted by Crippen LogP contribution is -2.23. The second-order valence-electron chi connectivity index (χ2n) is 4.93. The van der Waals surface area contributed by atoms with Crippen LogP contribution in [0.3, 0.4) is 0 Å². The molecule has 1 aliphatic heterocycles. The second-order valence-corrected chi connectivity index (χ2v) is 4.93. The van der Waals surface area contributed by atoms with Crippen LogP contribution >= 0.6 is 0 Å². The van der Waals surface area contributed by atoms with Gasteiger partial charge in [0.05, 0.1) is 7.11 Å². The Kier molecular flexibility index (Phi) is 3.87. The van der Waals surface area contributed by atoms with Gasteiger partial charge in [0.2, 0.25) is 5.88 Å². The first-order valence-corrected chi connectivity index (χ1v) is 6.86. The maximum absolute atomic E-state index is 5.28. The molecule has 1 unspecified atom stereocenters. The Bertz CT molecular complexity index is 561. The molecule has 5 nitrogen and oxygen atoms in total. The molecule has 3 rings (SSSR count). The lowest BCUT2D eigenvalue weighted by atomic mass is 10.1. The monoisotopic (exact) mass is 270 g/mol. The molecule has 1 aliphatic rings. The van der Waals surface area contributed by atoms with Crippen molar-refractivity contribution in [1.29, 1.82) is 0 Å². The van der Waals surface area contributed by atoms with Gasteiger partial charge in [0.15, 0.2) is 0 Å². The van der Waals surface area contributed by atoms with Gasteiger partial charge in [-0.1, -0.05) is 6.07 Å². The number of aromatic nitrogens is 3. The molecule has 3 heterocycles. The first kappa shape index (κ1) is 13.0. The number of likely N-dealkylation sites (tertiary alicyclic amines) is 1. The number of methoxy groups -OCH3 is 1.